The van der Waals surface area contributed by atoms with Crippen molar-refractivity contribution >= 4 is 29.0 Å². The highest BCUT2D eigenvalue weighted by Gasteiger charge is 2.22. The summed E-state index contributed by atoms with van der Waals surface area (Å²) in [4.78, 5) is 38.1. The molecular weight excluding hydrogens is 352 g/mol. The van der Waals surface area contributed by atoms with E-state index in [1.807, 2.05) is 30.3 Å². The number of hydrogen-bond donors (Lipinski definition) is 1. The fraction of sp³-hybridized carbons (Fsp3) is 0.348. The topological polar surface area (TPSA) is 66.5 Å². The van der Waals surface area contributed by atoms with Crippen molar-refractivity contribution in [2.24, 2.45) is 0 Å². The summed E-state index contributed by atoms with van der Waals surface area (Å²) in [5, 5.41) is 2.87. The van der Waals surface area contributed by atoms with E-state index in [1.165, 1.54) is 11.1 Å². The van der Waals surface area contributed by atoms with E-state index in [0.29, 0.717) is 17.8 Å². The Balaban J connectivity index is 1.34. The Labute approximate surface area is 164 Å². The van der Waals surface area contributed by atoms with Gasteiger partial charge >= 0.3 is 0 Å². The summed E-state index contributed by atoms with van der Waals surface area (Å²) in [6.07, 6.45) is 4.43. The van der Waals surface area contributed by atoms with Gasteiger partial charge in [0.2, 0.25) is 11.8 Å². The molecule has 0 saturated carbocycles. The van der Waals surface area contributed by atoms with Crippen LogP contribution in [0.4, 0.5) is 11.4 Å². The van der Waals surface area contributed by atoms with Crippen molar-refractivity contribution in [2.75, 3.05) is 16.8 Å². The van der Waals surface area contributed by atoms with Crippen LogP contribution < -0.4 is 10.2 Å². The van der Waals surface area contributed by atoms with Gasteiger partial charge in [0.15, 0.2) is 5.78 Å². The predicted molar refractivity (Wildman–Crippen MR) is 109 cm³/mol. The summed E-state index contributed by atoms with van der Waals surface area (Å²) in [5.74, 6) is -0.132. The molecule has 1 N–H and O–H groups in total. The number of nitrogens with one attached hydrogen (secondary N) is 1. The van der Waals surface area contributed by atoms with Crippen LogP contribution in [0.5, 0.6) is 0 Å². The molecule has 0 spiro atoms. The van der Waals surface area contributed by atoms with Crippen LogP contribution in [-0.4, -0.2) is 24.1 Å². The van der Waals surface area contributed by atoms with E-state index in [2.05, 4.69) is 5.32 Å². The number of amides is 2. The molecule has 2 amide bonds. The third-order valence-electron chi connectivity index (χ3n) is 5.64. The van der Waals surface area contributed by atoms with Gasteiger partial charge in [0.05, 0.1) is 0 Å². The molecule has 0 radical (unpaired) electrons. The lowest BCUT2D eigenvalue weighted by atomic mass is 10.0. The van der Waals surface area contributed by atoms with Crippen molar-refractivity contribution < 1.29 is 14.4 Å². The van der Waals surface area contributed by atoms with E-state index < -0.39 is 0 Å². The van der Waals surface area contributed by atoms with Crippen molar-refractivity contribution in [2.45, 2.75) is 45.4 Å². The zero-order chi connectivity index (χ0) is 19.7. The molecule has 5 heteroatoms. The highest BCUT2D eigenvalue weighted by Crippen LogP contribution is 2.30. The van der Waals surface area contributed by atoms with Crippen LogP contribution in [0.1, 0.15) is 53.2 Å². The monoisotopic (exact) mass is 376 g/mol. The average molecular weight is 376 g/mol. The molecule has 0 unspecified atom stereocenters. The summed E-state index contributed by atoms with van der Waals surface area (Å²) in [6.45, 7) is 2.24. The minimum atomic E-state index is -0.170. The first kappa shape index (κ1) is 18.4. The van der Waals surface area contributed by atoms with Gasteiger partial charge in [0.1, 0.15) is 0 Å². The van der Waals surface area contributed by atoms with Crippen LogP contribution in [0.3, 0.4) is 0 Å². The van der Waals surface area contributed by atoms with E-state index >= 15 is 0 Å². The zero-order valence-electron chi connectivity index (χ0n) is 16.1. The molecule has 28 heavy (non-hydrogen) atoms. The van der Waals surface area contributed by atoms with Crippen LogP contribution in [0.25, 0.3) is 0 Å². The second-order valence-corrected chi connectivity index (χ2v) is 7.57. The number of carbonyl (C=O) groups is 3. The van der Waals surface area contributed by atoms with Crippen molar-refractivity contribution in [3.05, 3.63) is 58.7 Å². The van der Waals surface area contributed by atoms with E-state index in [0.717, 1.165) is 36.9 Å². The molecule has 0 fully saturated rings. The molecule has 144 valence electrons. The lowest BCUT2D eigenvalue weighted by Crippen LogP contribution is -2.25. The Bertz CT molecular complexity index is 964. The van der Waals surface area contributed by atoms with Crippen LogP contribution in [0, 0.1) is 0 Å². The molecule has 2 aromatic carbocycles. The summed E-state index contributed by atoms with van der Waals surface area (Å²) in [5.41, 5.74) is 6.00. The van der Waals surface area contributed by atoms with Crippen LogP contribution in [-0.2, 0) is 28.9 Å². The molecule has 0 atom stereocenters. The minimum Gasteiger partial charge on any atom is -0.326 e. The van der Waals surface area contributed by atoms with Crippen molar-refractivity contribution in [1.29, 1.82) is 0 Å². The number of benzene rings is 2. The van der Waals surface area contributed by atoms with Crippen molar-refractivity contribution in [1.82, 2.24) is 0 Å². The number of ketones is 1. The van der Waals surface area contributed by atoms with Crippen LogP contribution in [0.2, 0.25) is 0 Å². The van der Waals surface area contributed by atoms with Crippen molar-refractivity contribution in [3.8, 4) is 0 Å². The van der Waals surface area contributed by atoms with E-state index in [-0.39, 0.29) is 30.4 Å². The molecule has 0 aromatic heterocycles. The van der Waals surface area contributed by atoms with Gasteiger partial charge in [-0.2, -0.15) is 0 Å². The van der Waals surface area contributed by atoms with Gasteiger partial charge in [0.25, 0.3) is 0 Å². The molecule has 0 saturated heterocycles. The lowest BCUT2D eigenvalue weighted by molar-refractivity contribution is -0.117. The van der Waals surface area contributed by atoms with Gasteiger partial charge in [-0.05, 0) is 66.6 Å². The summed E-state index contributed by atoms with van der Waals surface area (Å²) in [6, 6.07) is 11.5. The molecule has 5 nitrogen and oxygen atoms in total. The fourth-order valence-corrected chi connectivity index (χ4v) is 4.15. The van der Waals surface area contributed by atoms with Gasteiger partial charge in [-0.15, -0.1) is 0 Å². The van der Waals surface area contributed by atoms with Gasteiger partial charge in [-0.3, -0.25) is 14.4 Å². The Kier molecular flexibility index (Phi) is 4.99. The lowest BCUT2D eigenvalue weighted by Gasteiger charge is -2.15. The second kappa shape index (κ2) is 7.58. The molecule has 1 heterocycles. The maximum Gasteiger partial charge on any atom is 0.224 e. The SMILES string of the molecule is CC(=O)N1CCc2cc(NC(=O)CCC(=O)c3ccc4c(c3)CCC4)ccc21. The summed E-state index contributed by atoms with van der Waals surface area (Å²) >= 11 is 0. The average Bonchev–Trinajstić information content (AvgIpc) is 3.31. The second-order valence-electron chi connectivity index (χ2n) is 7.57. The minimum absolute atomic E-state index is 0.0101. The number of carbonyl (C=O) groups excluding carboxylic acids is 3. The summed E-state index contributed by atoms with van der Waals surface area (Å²) in [7, 11) is 0. The quantitative estimate of drug-likeness (QED) is 0.810. The molecule has 2 aromatic rings. The smallest absolute Gasteiger partial charge is 0.224 e. The third-order valence-corrected chi connectivity index (χ3v) is 5.64. The predicted octanol–water partition coefficient (Wildman–Crippen LogP) is 3.69. The Morgan fingerprint density at radius 3 is 2.57 bits per heavy atom. The highest BCUT2D eigenvalue weighted by atomic mass is 16.2. The van der Waals surface area contributed by atoms with E-state index in [9.17, 15) is 14.4 Å². The number of anilines is 2. The Morgan fingerprint density at radius 1 is 0.929 bits per heavy atom. The first-order chi connectivity index (χ1) is 13.5. The van der Waals surface area contributed by atoms with Gasteiger partial charge in [0, 0.05) is 43.2 Å². The summed E-state index contributed by atoms with van der Waals surface area (Å²) < 4.78 is 0. The number of rotatable bonds is 5. The standard InChI is InChI=1S/C23H24N2O3/c1-15(26)25-12-11-18-14-20(7-8-21(18)25)24-23(28)10-9-22(27)19-6-5-16-3-2-4-17(16)13-19/h5-8,13-14H,2-4,9-12H2,1H3,(H,24,28). The Hall–Kier alpha value is -2.95. The molecule has 1 aliphatic heterocycles. The van der Waals surface area contributed by atoms with Crippen LogP contribution in [0.15, 0.2) is 36.4 Å². The number of fused-ring (bicyclic) bond motifs is 2. The molecular formula is C23H24N2O3. The molecule has 2 aliphatic rings. The van der Waals surface area contributed by atoms with Crippen LogP contribution >= 0.6 is 0 Å². The number of aryl methyl sites for hydroxylation is 2. The number of Topliss-reactive ketones (excluding diaryl/α,β-unsaturated/α-hetero) is 1. The third kappa shape index (κ3) is 3.70. The van der Waals surface area contributed by atoms with Gasteiger partial charge < -0.3 is 10.2 Å². The maximum atomic E-state index is 12.4. The molecule has 4 rings (SSSR count). The first-order valence-electron chi connectivity index (χ1n) is 9.87. The Morgan fingerprint density at radius 2 is 1.75 bits per heavy atom. The van der Waals surface area contributed by atoms with Crippen molar-refractivity contribution in [3.63, 3.8) is 0 Å². The van der Waals surface area contributed by atoms with Gasteiger partial charge in [-0.25, -0.2) is 0 Å². The number of nitrogens with zero attached hydrogens (tertiary/aromatic N) is 1. The maximum absolute atomic E-state index is 12.4. The number of hydrogen-bond acceptors (Lipinski definition) is 3. The van der Waals surface area contributed by atoms with Gasteiger partial charge in [-0.1, -0.05) is 12.1 Å². The first-order valence-corrected chi connectivity index (χ1v) is 9.87. The zero-order valence-corrected chi connectivity index (χ0v) is 16.1. The van der Waals surface area contributed by atoms with E-state index in [4.69, 9.17) is 0 Å². The largest absolute Gasteiger partial charge is 0.326 e. The van der Waals surface area contributed by atoms with E-state index in [1.54, 1.807) is 17.9 Å². The molecule has 0 bridgehead atoms. The fourth-order valence-electron chi connectivity index (χ4n) is 4.15. The normalized spacial score (nSPS) is 14.5. The molecule has 1 aliphatic carbocycles. The highest BCUT2D eigenvalue weighted by molar-refractivity contribution is 6.00.